The van der Waals surface area contributed by atoms with Gasteiger partial charge in [0, 0.05) is 30.9 Å². The Balaban J connectivity index is 2.88. The van der Waals surface area contributed by atoms with Crippen LogP contribution in [-0.4, -0.2) is 31.2 Å². The molecule has 1 rings (SSSR count). The van der Waals surface area contributed by atoms with Gasteiger partial charge < -0.3 is 4.90 Å². The zero-order chi connectivity index (χ0) is 9.14. The summed E-state index contributed by atoms with van der Waals surface area (Å²) in [5.41, 5.74) is -0.0955. The van der Waals surface area contributed by atoms with E-state index in [1.807, 2.05) is 0 Å². The van der Waals surface area contributed by atoms with Crippen LogP contribution in [0.2, 0.25) is 0 Å². The molecule has 1 aliphatic heterocycles. The van der Waals surface area contributed by atoms with Crippen LogP contribution in [0.4, 0.5) is 8.78 Å². The van der Waals surface area contributed by atoms with Crippen LogP contribution in [0.25, 0.3) is 0 Å². The van der Waals surface area contributed by atoms with Crippen LogP contribution in [0.15, 0.2) is 23.4 Å². The zero-order valence-electron chi connectivity index (χ0n) is 6.63. The van der Waals surface area contributed by atoms with Gasteiger partial charge in [0.1, 0.15) is 0 Å². The lowest BCUT2D eigenvalue weighted by atomic mass is 10.1. The standard InChI is InChI=1S/C8H9F2NO/c1-11-3-2-7(8(9)10)6(4-11)5-12/h2,4-5,8H,3H2,1H3. The summed E-state index contributed by atoms with van der Waals surface area (Å²) in [5.74, 6) is 0. The van der Waals surface area contributed by atoms with Gasteiger partial charge in [-0.1, -0.05) is 6.08 Å². The van der Waals surface area contributed by atoms with Crippen molar-refractivity contribution in [2.45, 2.75) is 6.43 Å². The Morgan fingerprint density at radius 2 is 2.33 bits per heavy atom. The molecule has 0 N–H and O–H groups in total. The zero-order valence-corrected chi connectivity index (χ0v) is 6.63. The minimum Gasteiger partial charge on any atom is -0.376 e. The number of allylic oxidation sites excluding steroid dienone is 2. The van der Waals surface area contributed by atoms with Crippen molar-refractivity contribution in [3.63, 3.8) is 0 Å². The highest BCUT2D eigenvalue weighted by molar-refractivity contribution is 5.80. The molecule has 0 amide bonds. The highest BCUT2D eigenvalue weighted by Gasteiger charge is 2.18. The van der Waals surface area contributed by atoms with Crippen LogP contribution in [0.5, 0.6) is 0 Å². The van der Waals surface area contributed by atoms with E-state index in [-0.39, 0.29) is 11.1 Å². The smallest absolute Gasteiger partial charge is 0.264 e. The molecule has 0 spiro atoms. The molecule has 0 unspecified atom stereocenters. The first-order valence-electron chi connectivity index (χ1n) is 3.51. The van der Waals surface area contributed by atoms with Crippen molar-refractivity contribution >= 4 is 6.29 Å². The van der Waals surface area contributed by atoms with Crippen molar-refractivity contribution in [3.8, 4) is 0 Å². The number of alkyl halides is 2. The predicted molar refractivity (Wildman–Crippen MR) is 40.9 cm³/mol. The van der Waals surface area contributed by atoms with Gasteiger partial charge in [0.25, 0.3) is 6.43 Å². The van der Waals surface area contributed by atoms with E-state index in [1.165, 1.54) is 12.3 Å². The van der Waals surface area contributed by atoms with Crippen molar-refractivity contribution < 1.29 is 13.6 Å². The maximum Gasteiger partial charge on any atom is 0.264 e. The van der Waals surface area contributed by atoms with E-state index in [4.69, 9.17) is 0 Å². The lowest BCUT2D eigenvalue weighted by Gasteiger charge is -2.19. The predicted octanol–water partition coefficient (Wildman–Crippen LogP) is 1.21. The van der Waals surface area contributed by atoms with Crippen LogP contribution in [0, 0.1) is 0 Å². The number of halogens is 2. The summed E-state index contributed by atoms with van der Waals surface area (Å²) >= 11 is 0. The lowest BCUT2D eigenvalue weighted by Crippen LogP contribution is -2.19. The molecular formula is C8H9F2NO. The summed E-state index contributed by atoms with van der Waals surface area (Å²) < 4.78 is 24.4. The Morgan fingerprint density at radius 3 is 2.83 bits per heavy atom. The molecule has 2 nitrogen and oxygen atoms in total. The van der Waals surface area contributed by atoms with Gasteiger partial charge in [-0.2, -0.15) is 0 Å². The van der Waals surface area contributed by atoms with Gasteiger partial charge in [-0.05, 0) is 0 Å². The van der Waals surface area contributed by atoms with Crippen LogP contribution < -0.4 is 0 Å². The van der Waals surface area contributed by atoms with Gasteiger partial charge in [0.15, 0.2) is 6.29 Å². The molecular weight excluding hydrogens is 164 g/mol. The van der Waals surface area contributed by atoms with E-state index in [0.717, 1.165) is 0 Å². The molecule has 66 valence electrons. The second-order valence-electron chi connectivity index (χ2n) is 2.60. The molecule has 0 radical (unpaired) electrons. The maximum atomic E-state index is 12.2. The topological polar surface area (TPSA) is 20.3 Å². The SMILES string of the molecule is CN1C=C(C=O)C(C(F)F)=CC1. The molecule has 0 saturated heterocycles. The van der Waals surface area contributed by atoms with E-state index in [0.29, 0.717) is 12.8 Å². The molecule has 0 bridgehead atoms. The molecule has 0 atom stereocenters. The Kier molecular flexibility index (Phi) is 2.58. The number of aldehydes is 1. The highest BCUT2D eigenvalue weighted by Crippen LogP contribution is 2.20. The van der Waals surface area contributed by atoms with Gasteiger partial charge in [-0.15, -0.1) is 0 Å². The van der Waals surface area contributed by atoms with Crippen molar-refractivity contribution in [1.29, 1.82) is 0 Å². The number of carbonyl (C=O) groups excluding carboxylic acids is 1. The van der Waals surface area contributed by atoms with E-state index < -0.39 is 6.43 Å². The Hall–Kier alpha value is -1.19. The van der Waals surface area contributed by atoms with Crippen molar-refractivity contribution in [2.24, 2.45) is 0 Å². The quantitative estimate of drug-likeness (QED) is 0.585. The van der Waals surface area contributed by atoms with Gasteiger partial charge in [-0.3, -0.25) is 4.79 Å². The molecule has 4 heteroatoms. The molecule has 0 aromatic heterocycles. The van der Waals surface area contributed by atoms with E-state index in [1.54, 1.807) is 11.9 Å². The normalized spacial score (nSPS) is 17.5. The number of nitrogens with zero attached hydrogens (tertiary/aromatic N) is 1. The molecule has 0 saturated carbocycles. The minimum atomic E-state index is -2.56. The largest absolute Gasteiger partial charge is 0.376 e. The maximum absolute atomic E-state index is 12.2. The third-order valence-corrected chi connectivity index (χ3v) is 1.65. The van der Waals surface area contributed by atoms with Gasteiger partial charge in [-0.25, -0.2) is 8.78 Å². The first kappa shape index (κ1) is 8.90. The summed E-state index contributed by atoms with van der Waals surface area (Å²) in [6, 6.07) is 0. The summed E-state index contributed by atoms with van der Waals surface area (Å²) in [5, 5.41) is 0. The number of hydrogen-bond acceptors (Lipinski definition) is 2. The molecule has 1 heterocycles. The number of carbonyl (C=O) groups is 1. The fraction of sp³-hybridized carbons (Fsp3) is 0.375. The molecule has 1 aliphatic rings. The van der Waals surface area contributed by atoms with Crippen LogP contribution >= 0.6 is 0 Å². The average Bonchev–Trinajstić information content (AvgIpc) is 2.03. The van der Waals surface area contributed by atoms with Crippen molar-refractivity contribution in [2.75, 3.05) is 13.6 Å². The first-order chi connectivity index (χ1) is 5.65. The van der Waals surface area contributed by atoms with Crippen molar-refractivity contribution in [3.05, 3.63) is 23.4 Å². The molecule has 12 heavy (non-hydrogen) atoms. The highest BCUT2D eigenvalue weighted by atomic mass is 19.3. The van der Waals surface area contributed by atoms with Gasteiger partial charge in [0.05, 0.1) is 0 Å². The second-order valence-corrected chi connectivity index (χ2v) is 2.60. The van der Waals surface area contributed by atoms with E-state index >= 15 is 0 Å². The molecule has 0 aliphatic carbocycles. The number of rotatable bonds is 2. The Bertz CT molecular complexity index is 245. The van der Waals surface area contributed by atoms with Crippen LogP contribution in [0.3, 0.4) is 0 Å². The summed E-state index contributed by atoms with van der Waals surface area (Å²) in [4.78, 5) is 12.0. The fourth-order valence-corrected chi connectivity index (χ4v) is 1.04. The summed E-state index contributed by atoms with van der Waals surface area (Å²) in [6.45, 7) is 0.428. The monoisotopic (exact) mass is 173 g/mol. The molecule has 0 aromatic rings. The van der Waals surface area contributed by atoms with Crippen LogP contribution in [-0.2, 0) is 4.79 Å². The molecule has 0 fully saturated rings. The number of likely N-dealkylation sites (N-methyl/N-ethyl adjacent to an activating group) is 1. The van der Waals surface area contributed by atoms with Crippen LogP contribution in [0.1, 0.15) is 0 Å². The van der Waals surface area contributed by atoms with Gasteiger partial charge in [0.2, 0.25) is 0 Å². The Morgan fingerprint density at radius 1 is 1.67 bits per heavy atom. The Labute approximate surface area is 69.2 Å². The third kappa shape index (κ3) is 1.69. The molecule has 0 aromatic carbocycles. The second kappa shape index (κ2) is 3.47. The third-order valence-electron chi connectivity index (χ3n) is 1.65. The minimum absolute atomic E-state index is 0.0683. The van der Waals surface area contributed by atoms with Crippen molar-refractivity contribution in [1.82, 2.24) is 4.90 Å². The number of hydrogen-bond donors (Lipinski definition) is 0. The first-order valence-corrected chi connectivity index (χ1v) is 3.51. The van der Waals surface area contributed by atoms with E-state index in [2.05, 4.69) is 0 Å². The fourth-order valence-electron chi connectivity index (χ4n) is 1.04. The van der Waals surface area contributed by atoms with E-state index in [9.17, 15) is 13.6 Å². The van der Waals surface area contributed by atoms with Gasteiger partial charge >= 0.3 is 0 Å². The average molecular weight is 173 g/mol. The lowest BCUT2D eigenvalue weighted by molar-refractivity contribution is -0.105. The summed E-state index contributed by atoms with van der Waals surface area (Å²) in [6.07, 6.45) is 0.687. The summed E-state index contributed by atoms with van der Waals surface area (Å²) in [7, 11) is 1.72.